The molecule has 1 fully saturated rings. The predicted molar refractivity (Wildman–Crippen MR) is 67.9 cm³/mol. The molecule has 0 aromatic carbocycles. The molecule has 0 aromatic rings. The normalized spacial score (nSPS) is 24.2. The van der Waals surface area contributed by atoms with Gasteiger partial charge in [-0.05, 0) is 19.4 Å². The molecule has 0 radical (unpaired) electrons. The molecule has 0 aromatic heterocycles. The number of carbonyl (C=O) groups is 2. The first-order valence-corrected chi connectivity index (χ1v) is 6.14. The van der Waals surface area contributed by atoms with Crippen molar-refractivity contribution in [2.45, 2.75) is 24.8 Å². The van der Waals surface area contributed by atoms with Gasteiger partial charge < -0.3 is 15.4 Å². The van der Waals surface area contributed by atoms with Gasteiger partial charge in [0.2, 0.25) is 11.8 Å². The molecule has 2 amide bonds. The third kappa shape index (κ3) is 3.43. The van der Waals surface area contributed by atoms with Crippen LogP contribution in [0.5, 0.6) is 0 Å². The van der Waals surface area contributed by atoms with E-state index in [9.17, 15) is 9.59 Å². The number of ether oxygens (including phenoxy) is 1. The van der Waals surface area contributed by atoms with E-state index in [1.54, 1.807) is 26.1 Å². The van der Waals surface area contributed by atoms with E-state index in [0.29, 0.717) is 13.2 Å². The molecular formula is C12H23N3O3. The molecule has 2 N–H and O–H groups in total. The summed E-state index contributed by atoms with van der Waals surface area (Å²) in [4.78, 5) is 26.6. The minimum atomic E-state index is -0.410. The summed E-state index contributed by atoms with van der Waals surface area (Å²) in [6.07, 6.45) is 2.03. The van der Waals surface area contributed by atoms with Crippen LogP contribution in [-0.4, -0.2) is 68.1 Å². The molecule has 0 unspecified atom stereocenters. The molecule has 6 nitrogen and oxygen atoms in total. The molecule has 1 atom stereocenters. The topological polar surface area (TPSA) is 75.9 Å². The maximum Gasteiger partial charge on any atom is 0.236 e. The zero-order valence-corrected chi connectivity index (χ0v) is 11.4. The van der Waals surface area contributed by atoms with Gasteiger partial charge in [0.05, 0.1) is 18.7 Å². The Balaban J connectivity index is 2.79. The van der Waals surface area contributed by atoms with Gasteiger partial charge in [-0.3, -0.25) is 14.5 Å². The van der Waals surface area contributed by atoms with Crippen molar-refractivity contribution in [3.63, 3.8) is 0 Å². The zero-order chi connectivity index (χ0) is 13.8. The van der Waals surface area contributed by atoms with Gasteiger partial charge in [0.15, 0.2) is 0 Å². The molecular weight excluding hydrogens is 234 g/mol. The van der Waals surface area contributed by atoms with Crippen LogP contribution in [0.3, 0.4) is 0 Å². The fraction of sp³-hybridized carbons (Fsp3) is 0.833. The lowest BCUT2D eigenvalue weighted by Gasteiger charge is -2.37. The molecule has 0 bridgehead atoms. The van der Waals surface area contributed by atoms with Gasteiger partial charge in [0, 0.05) is 27.6 Å². The van der Waals surface area contributed by atoms with Crippen LogP contribution in [0, 0.1) is 0 Å². The quantitative estimate of drug-likeness (QED) is 0.691. The molecule has 6 heteroatoms. The Kier molecular flexibility index (Phi) is 5.10. The Labute approximate surface area is 108 Å². The first kappa shape index (κ1) is 14.9. The fourth-order valence-electron chi connectivity index (χ4n) is 2.55. The summed E-state index contributed by atoms with van der Waals surface area (Å²) >= 11 is 0. The highest BCUT2D eigenvalue weighted by atomic mass is 16.5. The number of rotatable bonds is 6. The molecule has 0 saturated carbocycles. The van der Waals surface area contributed by atoms with Crippen LogP contribution < -0.4 is 5.73 Å². The van der Waals surface area contributed by atoms with Crippen molar-refractivity contribution in [1.29, 1.82) is 0 Å². The third-order valence-electron chi connectivity index (χ3n) is 3.48. The first-order chi connectivity index (χ1) is 8.41. The van der Waals surface area contributed by atoms with Crippen molar-refractivity contribution in [3.8, 4) is 0 Å². The molecule has 1 saturated heterocycles. The van der Waals surface area contributed by atoms with E-state index in [2.05, 4.69) is 0 Å². The number of nitrogens with zero attached hydrogens (tertiary/aromatic N) is 2. The van der Waals surface area contributed by atoms with E-state index >= 15 is 0 Å². The van der Waals surface area contributed by atoms with Crippen molar-refractivity contribution in [2.24, 2.45) is 5.73 Å². The van der Waals surface area contributed by atoms with Crippen LogP contribution in [0.15, 0.2) is 0 Å². The number of likely N-dealkylation sites (N-methyl/N-ethyl adjacent to an activating group) is 1. The second kappa shape index (κ2) is 6.15. The number of amides is 2. The second-order valence-corrected chi connectivity index (χ2v) is 5.11. The van der Waals surface area contributed by atoms with E-state index < -0.39 is 5.54 Å². The highest BCUT2D eigenvalue weighted by Gasteiger charge is 2.43. The summed E-state index contributed by atoms with van der Waals surface area (Å²) in [5.74, 6) is -0.321. The summed E-state index contributed by atoms with van der Waals surface area (Å²) in [6.45, 7) is 1.54. The average molecular weight is 257 g/mol. The summed E-state index contributed by atoms with van der Waals surface area (Å²) in [6, 6.07) is 0. The predicted octanol–water partition coefficient (Wildman–Crippen LogP) is -0.569. The third-order valence-corrected chi connectivity index (χ3v) is 3.48. The van der Waals surface area contributed by atoms with Crippen molar-refractivity contribution < 1.29 is 14.3 Å². The number of likely N-dealkylation sites (tertiary alicyclic amines) is 1. The smallest absolute Gasteiger partial charge is 0.236 e. The highest BCUT2D eigenvalue weighted by molar-refractivity contribution is 5.78. The summed E-state index contributed by atoms with van der Waals surface area (Å²) in [7, 11) is 5.06. The van der Waals surface area contributed by atoms with E-state index in [1.807, 2.05) is 4.90 Å². The Morgan fingerprint density at radius 1 is 1.44 bits per heavy atom. The monoisotopic (exact) mass is 257 g/mol. The van der Waals surface area contributed by atoms with Crippen LogP contribution in [0.4, 0.5) is 0 Å². The van der Waals surface area contributed by atoms with Crippen LogP contribution in [-0.2, 0) is 14.3 Å². The molecule has 0 spiro atoms. The van der Waals surface area contributed by atoms with Crippen molar-refractivity contribution in [1.82, 2.24) is 9.80 Å². The lowest BCUT2D eigenvalue weighted by Crippen LogP contribution is -2.52. The van der Waals surface area contributed by atoms with Crippen LogP contribution in [0.25, 0.3) is 0 Å². The fourth-order valence-corrected chi connectivity index (χ4v) is 2.55. The van der Waals surface area contributed by atoms with Gasteiger partial charge in [0.1, 0.15) is 0 Å². The molecule has 1 aliphatic rings. The molecule has 1 heterocycles. The first-order valence-electron chi connectivity index (χ1n) is 6.14. The number of hydrogen-bond donors (Lipinski definition) is 1. The average Bonchev–Trinajstić information content (AvgIpc) is 2.60. The van der Waals surface area contributed by atoms with Gasteiger partial charge in [-0.15, -0.1) is 0 Å². The number of methoxy groups -OCH3 is 1. The Bertz CT molecular complexity index is 320. The van der Waals surface area contributed by atoms with Crippen molar-refractivity contribution in [2.75, 3.05) is 40.9 Å². The van der Waals surface area contributed by atoms with Crippen LogP contribution in [0.1, 0.15) is 19.3 Å². The van der Waals surface area contributed by atoms with E-state index in [-0.39, 0.29) is 18.2 Å². The van der Waals surface area contributed by atoms with Crippen LogP contribution >= 0.6 is 0 Å². The maximum absolute atomic E-state index is 11.8. The lowest BCUT2D eigenvalue weighted by atomic mass is 9.92. The Hall–Kier alpha value is -1.14. The van der Waals surface area contributed by atoms with Gasteiger partial charge >= 0.3 is 0 Å². The minimum absolute atomic E-state index is 0.0295. The highest BCUT2D eigenvalue weighted by Crippen LogP contribution is 2.32. The van der Waals surface area contributed by atoms with E-state index in [4.69, 9.17) is 10.5 Å². The molecule has 0 aliphatic carbocycles. The van der Waals surface area contributed by atoms with Crippen LogP contribution in [0.2, 0.25) is 0 Å². The van der Waals surface area contributed by atoms with Crippen molar-refractivity contribution >= 4 is 11.8 Å². The molecule has 1 aliphatic heterocycles. The second-order valence-electron chi connectivity index (χ2n) is 5.11. The maximum atomic E-state index is 11.8. The Morgan fingerprint density at radius 3 is 2.61 bits per heavy atom. The number of carbonyl (C=O) groups excluding carboxylic acids is 2. The number of hydrogen-bond acceptors (Lipinski definition) is 4. The number of primary amides is 1. The summed E-state index contributed by atoms with van der Waals surface area (Å²) in [5.41, 5.74) is 4.91. The van der Waals surface area contributed by atoms with E-state index in [0.717, 1.165) is 19.4 Å². The van der Waals surface area contributed by atoms with Gasteiger partial charge in [-0.1, -0.05) is 0 Å². The molecule has 18 heavy (non-hydrogen) atoms. The zero-order valence-electron chi connectivity index (χ0n) is 11.4. The Morgan fingerprint density at radius 2 is 2.11 bits per heavy atom. The lowest BCUT2D eigenvalue weighted by molar-refractivity contribution is -0.133. The van der Waals surface area contributed by atoms with Crippen molar-refractivity contribution in [3.05, 3.63) is 0 Å². The SMILES string of the molecule is COC[C@@]1(CC(N)=O)CCCN1CC(=O)N(C)C. The number of nitrogens with two attached hydrogens (primary N) is 1. The van der Waals surface area contributed by atoms with E-state index in [1.165, 1.54) is 0 Å². The largest absolute Gasteiger partial charge is 0.383 e. The van der Waals surface area contributed by atoms with Gasteiger partial charge in [-0.25, -0.2) is 0 Å². The van der Waals surface area contributed by atoms with Gasteiger partial charge in [0.25, 0.3) is 0 Å². The van der Waals surface area contributed by atoms with Gasteiger partial charge in [-0.2, -0.15) is 0 Å². The minimum Gasteiger partial charge on any atom is -0.383 e. The molecule has 104 valence electrons. The summed E-state index contributed by atoms with van der Waals surface area (Å²) < 4.78 is 5.23. The standard InChI is InChI=1S/C12H23N3O3/c1-14(2)11(17)8-15-6-4-5-12(15,9-18-3)7-10(13)16/h4-9H2,1-3H3,(H2,13,16)/t12-/m0/s1. The molecule has 1 rings (SSSR count). The summed E-state index contributed by atoms with van der Waals surface area (Å²) in [5, 5.41) is 0.